The molecule has 0 atom stereocenters. The number of rotatable bonds is 7. The molecule has 0 aliphatic carbocycles. The van der Waals surface area contributed by atoms with Gasteiger partial charge in [0.2, 0.25) is 0 Å². The summed E-state index contributed by atoms with van der Waals surface area (Å²) in [5.74, 6) is -0.194. The van der Waals surface area contributed by atoms with Gasteiger partial charge in [-0.2, -0.15) is 0 Å². The van der Waals surface area contributed by atoms with E-state index in [1.807, 2.05) is 0 Å². The second-order valence-corrected chi connectivity index (χ2v) is 6.26. The number of carbonyl (C=O) groups is 2. The van der Waals surface area contributed by atoms with Crippen LogP contribution in [0.5, 0.6) is 0 Å². The summed E-state index contributed by atoms with van der Waals surface area (Å²) in [6.45, 7) is -0.178. The van der Waals surface area contributed by atoms with Crippen LogP contribution >= 0.6 is 11.6 Å². The minimum absolute atomic E-state index is 0.0227. The van der Waals surface area contributed by atoms with E-state index in [2.05, 4.69) is 15.6 Å². The lowest BCUT2D eigenvalue weighted by Crippen LogP contribution is -2.36. The fourth-order valence-corrected chi connectivity index (χ4v) is 2.71. The Kier molecular flexibility index (Phi) is 6.78. The minimum atomic E-state index is -0.555. The van der Waals surface area contributed by atoms with E-state index in [1.54, 1.807) is 60.8 Å². The van der Waals surface area contributed by atoms with Crippen LogP contribution in [0.1, 0.15) is 16.1 Å². The molecule has 0 aliphatic rings. The maximum atomic E-state index is 12.5. The molecule has 3 N–H and O–H groups in total. The first-order valence-electron chi connectivity index (χ1n) is 8.76. The molecule has 0 bridgehead atoms. The van der Waals surface area contributed by atoms with Gasteiger partial charge in [0.1, 0.15) is 22.4 Å². The first-order chi connectivity index (χ1) is 14.1. The number of benzene rings is 1. The van der Waals surface area contributed by atoms with Crippen molar-refractivity contribution in [2.24, 2.45) is 0 Å². The number of nitrogens with one attached hydrogen (secondary N) is 2. The molecule has 2 heterocycles. The number of halogens is 1. The van der Waals surface area contributed by atoms with Crippen LogP contribution in [0.2, 0.25) is 5.15 Å². The second-order valence-electron chi connectivity index (χ2n) is 5.90. The lowest BCUT2D eigenvalue weighted by Gasteiger charge is -2.10. The molecule has 0 radical (unpaired) electrons. The highest BCUT2D eigenvalue weighted by Crippen LogP contribution is 2.28. The molecule has 8 heteroatoms. The largest absolute Gasteiger partial charge is 0.457 e. The number of hydrogen-bond acceptors (Lipinski definition) is 5. The zero-order chi connectivity index (χ0) is 20.6. The molecule has 3 rings (SSSR count). The predicted octanol–water partition coefficient (Wildman–Crippen LogP) is 2.87. The molecule has 0 fully saturated rings. The first kappa shape index (κ1) is 20.3. The molecule has 7 nitrogen and oxygen atoms in total. The molecule has 1 aromatic carbocycles. The molecule has 29 heavy (non-hydrogen) atoms. The molecule has 0 spiro atoms. The van der Waals surface area contributed by atoms with Gasteiger partial charge in [0, 0.05) is 24.4 Å². The summed E-state index contributed by atoms with van der Waals surface area (Å²) in [6.07, 6.45) is 2.97. The van der Waals surface area contributed by atoms with Crippen molar-refractivity contribution in [3.8, 4) is 11.3 Å². The Bertz CT molecular complexity index is 1030. The topological polar surface area (TPSA) is 104 Å². The molecule has 0 aliphatic heterocycles. The van der Waals surface area contributed by atoms with Crippen LogP contribution in [-0.2, 0) is 4.79 Å². The van der Waals surface area contributed by atoms with Crippen LogP contribution in [0.15, 0.2) is 70.9 Å². The predicted molar refractivity (Wildman–Crippen MR) is 109 cm³/mol. The van der Waals surface area contributed by atoms with Crippen molar-refractivity contribution in [2.75, 3.05) is 13.2 Å². The maximum absolute atomic E-state index is 12.5. The van der Waals surface area contributed by atoms with Crippen molar-refractivity contribution in [3.63, 3.8) is 0 Å². The molecule has 2 amide bonds. The molecule has 0 saturated carbocycles. The maximum Gasteiger partial charge on any atom is 0.268 e. The van der Waals surface area contributed by atoms with Crippen LogP contribution in [0, 0.1) is 0 Å². The summed E-state index contributed by atoms with van der Waals surface area (Å²) in [5, 5.41) is 14.3. The van der Waals surface area contributed by atoms with Gasteiger partial charge in [0.15, 0.2) is 0 Å². The van der Waals surface area contributed by atoms with Gasteiger partial charge in [0.05, 0.1) is 12.2 Å². The Morgan fingerprint density at radius 1 is 1.10 bits per heavy atom. The highest BCUT2D eigenvalue weighted by atomic mass is 35.5. The van der Waals surface area contributed by atoms with Gasteiger partial charge < -0.3 is 20.2 Å². The molecular weight excluding hydrogens is 394 g/mol. The standard InChI is InChI=1S/C21H18ClN3O4/c22-19-16(7-4-10-23-19)18-9-8-15(29-18)13-17(21(28)24-11-12-26)25-20(27)14-5-2-1-3-6-14/h1-10,13,26H,11-12H2,(H,24,28)(H,25,27)/b17-13+. The van der Waals surface area contributed by atoms with Gasteiger partial charge in [-0.25, -0.2) is 4.98 Å². The highest BCUT2D eigenvalue weighted by Gasteiger charge is 2.16. The van der Waals surface area contributed by atoms with E-state index in [1.165, 1.54) is 6.08 Å². The van der Waals surface area contributed by atoms with Crippen molar-refractivity contribution >= 4 is 29.5 Å². The van der Waals surface area contributed by atoms with Gasteiger partial charge in [-0.1, -0.05) is 29.8 Å². The molecule has 2 aromatic heterocycles. The van der Waals surface area contributed by atoms with Crippen LogP contribution < -0.4 is 10.6 Å². The number of amides is 2. The number of hydrogen-bond donors (Lipinski definition) is 3. The number of furan rings is 1. The van der Waals surface area contributed by atoms with Gasteiger partial charge in [0.25, 0.3) is 11.8 Å². The summed E-state index contributed by atoms with van der Waals surface area (Å²) in [7, 11) is 0. The molecule has 148 valence electrons. The third-order valence-corrected chi connectivity index (χ3v) is 4.17. The Hall–Kier alpha value is -3.42. The van der Waals surface area contributed by atoms with Crippen LogP contribution in [0.25, 0.3) is 17.4 Å². The van der Waals surface area contributed by atoms with Gasteiger partial charge in [-0.3, -0.25) is 9.59 Å². The third-order valence-electron chi connectivity index (χ3n) is 3.86. The van der Waals surface area contributed by atoms with Crippen LogP contribution in [-0.4, -0.2) is 35.1 Å². The smallest absolute Gasteiger partial charge is 0.268 e. The minimum Gasteiger partial charge on any atom is -0.457 e. The third kappa shape index (κ3) is 5.31. The number of carbonyl (C=O) groups excluding carboxylic acids is 2. The second kappa shape index (κ2) is 9.68. The van der Waals surface area contributed by atoms with E-state index in [-0.39, 0.29) is 24.0 Å². The van der Waals surface area contributed by atoms with Crippen molar-refractivity contribution in [2.45, 2.75) is 0 Å². The number of aliphatic hydroxyl groups is 1. The lowest BCUT2D eigenvalue weighted by molar-refractivity contribution is -0.117. The Morgan fingerprint density at radius 3 is 2.62 bits per heavy atom. The molecule has 0 saturated heterocycles. The van der Waals surface area contributed by atoms with Gasteiger partial charge in [-0.15, -0.1) is 0 Å². The fraction of sp³-hybridized carbons (Fsp3) is 0.0952. The number of pyridine rings is 1. The van der Waals surface area contributed by atoms with E-state index in [4.69, 9.17) is 21.1 Å². The van der Waals surface area contributed by atoms with Crippen molar-refractivity contribution in [1.82, 2.24) is 15.6 Å². The van der Waals surface area contributed by atoms with E-state index >= 15 is 0 Å². The Morgan fingerprint density at radius 2 is 1.90 bits per heavy atom. The zero-order valence-electron chi connectivity index (χ0n) is 15.3. The summed E-state index contributed by atoms with van der Waals surface area (Å²) < 4.78 is 5.74. The van der Waals surface area contributed by atoms with E-state index < -0.39 is 11.8 Å². The van der Waals surface area contributed by atoms with Crippen LogP contribution in [0.4, 0.5) is 0 Å². The van der Waals surface area contributed by atoms with Crippen molar-refractivity contribution < 1.29 is 19.1 Å². The van der Waals surface area contributed by atoms with Gasteiger partial charge in [-0.05, 0) is 36.4 Å². The van der Waals surface area contributed by atoms with E-state index in [0.717, 1.165) is 0 Å². The van der Waals surface area contributed by atoms with Gasteiger partial charge >= 0.3 is 0 Å². The Labute approximate surface area is 172 Å². The van der Waals surface area contributed by atoms with Crippen molar-refractivity contribution in [1.29, 1.82) is 0 Å². The monoisotopic (exact) mass is 411 g/mol. The number of nitrogens with zero attached hydrogens (tertiary/aromatic N) is 1. The summed E-state index contributed by atoms with van der Waals surface area (Å²) >= 11 is 6.09. The number of aliphatic hydroxyl groups excluding tert-OH is 1. The number of aromatic nitrogens is 1. The lowest BCUT2D eigenvalue weighted by atomic mass is 10.2. The summed E-state index contributed by atoms with van der Waals surface area (Å²) in [6, 6.07) is 15.3. The highest BCUT2D eigenvalue weighted by molar-refractivity contribution is 6.31. The summed E-state index contributed by atoms with van der Waals surface area (Å²) in [5.41, 5.74) is 0.981. The molecule has 3 aromatic rings. The normalized spacial score (nSPS) is 11.2. The average molecular weight is 412 g/mol. The summed E-state index contributed by atoms with van der Waals surface area (Å²) in [4.78, 5) is 28.9. The average Bonchev–Trinajstić information content (AvgIpc) is 3.20. The van der Waals surface area contributed by atoms with Crippen LogP contribution in [0.3, 0.4) is 0 Å². The SMILES string of the molecule is O=C(NCCO)/C(=C\c1ccc(-c2cccnc2Cl)o1)NC(=O)c1ccccc1. The van der Waals surface area contributed by atoms with E-state index in [9.17, 15) is 9.59 Å². The Balaban J connectivity index is 1.87. The van der Waals surface area contributed by atoms with E-state index in [0.29, 0.717) is 22.6 Å². The first-order valence-corrected chi connectivity index (χ1v) is 9.14. The molecule has 0 unspecified atom stereocenters. The quantitative estimate of drug-likeness (QED) is 0.409. The fourth-order valence-electron chi connectivity index (χ4n) is 2.49. The van der Waals surface area contributed by atoms with Crippen molar-refractivity contribution in [3.05, 3.63) is 83.0 Å². The zero-order valence-corrected chi connectivity index (χ0v) is 16.0. The molecular formula is C21H18ClN3O4.